The molecule has 3 heterocycles. The third-order valence-electron chi connectivity index (χ3n) is 4.52. The molecule has 3 heteroatoms. The number of hydrogen-bond donors (Lipinski definition) is 1. The number of aromatic nitrogens is 2. The van der Waals surface area contributed by atoms with E-state index in [-0.39, 0.29) is 0 Å². The van der Waals surface area contributed by atoms with Gasteiger partial charge in [0.25, 0.3) is 0 Å². The number of hydrogen-bond acceptors (Lipinski definition) is 2. The average molecular weight is 265 g/mol. The summed E-state index contributed by atoms with van der Waals surface area (Å²) in [5, 5.41) is 6.13. The lowest BCUT2D eigenvalue weighted by molar-refractivity contribution is 0.603. The molecule has 0 amide bonds. The van der Waals surface area contributed by atoms with Crippen molar-refractivity contribution in [1.82, 2.24) is 14.9 Å². The molecule has 102 valence electrons. The van der Waals surface area contributed by atoms with Crippen molar-refractivity contribution in [2.75, 3.05) is 6.54 Å². The maximum atomic E-state index is 4.26. The first-order valence-electron chi connectivity index (χ1n) is 7.37. The van der Waals surface area contributed by atoms with Crippen molar-refractivity contribution in [3.63, 3.8) is 0 Å². The number of nitrogens with zero attached hydrogens (tertiary/aromatic N) is 2. The molecule has 1 aliphatic rings. The fraction of sp³-hybridized carbons (Fsp3) is 0.353. The van der Waals surface area contributed by atoms with Gasteiger partial charge in [-0.15, -0.1) is 0 Å². The van der Waals surface area contributed by atoms with Gasteiger partial charge in [-0.3, -0.25) is 4.98 Å². The summed E-state index contributed by atoms with van der Waals surface area (Å²) in [7, 11) is 2.14. The Morgan fingerprint density at radius 1 is 1.25 bits per heavy atom. The van der Waals surface area contributed by atoms with Gasteiger partial charge in [-0.05, 0) is 43.5 Å². The molecule has 0 saturated carbocycles. The standard InChI is InChI=1S/C17H19N3/c1-20-16-6-8-18-11-15(16)14-5-4-12(10-17(14)20)9-13-3-2-7-19-13/h4-6,8,10-11,13,19H,2-3,7,9H2,1H3. The Kier molecular flexibility index (Phi) is 2.74. The lowest BCUT2D eigenvalue weighted by atomic mass is 10.0. The first-order valence-corrected chi connectivity index (χ1v) is 7.37. The number of rotatable bonds is 2. The second kappa shape index (κ2) is 4.60. The van der Waals surface area contributed by atoms with Gasteiger partial charge in [0, 0.05) is 41.8 Å². The minimum absolute atomic E-state index is 0.656. The molecule has 3 nitrogen and oxygen atoms in total. The van der Waals surface area contributed by atoms with Gasteiger partial charge in [-0.2, -0.15) is 0 Å². The summed E-state index contributed by atoms with van der Waals surface area (Å²) in [4.78, 5) is 4.26. The minimum Gasteiger partial charge on any atom is -0.344 e. The van der Waals surface area contributed by atoms with Gasteiger partial charge in [0.15, 0.2) is 0 Å². The summed E-state index contributed by atoms with van der Waals surface area (Å²) in [6, 6.07) is 9.62. The number of fused-ring (bicyclic) bond motifs is 3. The minimum atomic E-state index is 0.656. The van der Waals surface area contributed by atoms with Crippen LogP contribution in [0.4, 0.5) is 0 Å². The zero-order chi connectivity index (χ0) is 13.5. The summed E-state index contributed by atoms with van der Waals surface area (Å²) >= 11 is 0. The van der Waals surface area contributed by atoms with Crippen LogP contribution in [0.25, 0.3) is 21.8 Å². The zero-order valence-electron chi connectivity index (χ0n) is 11.8. The highest BCUT2D eigenvalue weighted by Gasteiger charge is 2.15. The normalized spacial score (nSPS) is 19.1. The van der Waals surface area contributed by atoms with Crippen LogP contribution in [0.3, 0.4) is 0 Å². The summed E-state index contributed by atoms with van der Waals surface area (Å²) in [6.45, 7) is 1.17. The first kappa shape index (κ1) is 11.9. The highest BCUT2D eigenvalue weighted by molar-refractivity contribution is 6.07. The van der Waals surface area contributed by atoms with E-state index < -0.39 is 0 Å². The van der Waals surface area contributed by atoms with E-state index in [0.717, 1.165) is 6.42 Å². The number of nitrogens with one attached hydrogen (secondary N) is 1. The van der Waals surface area contributed by atoms with Crippen molar-refractivity contribution in [3.05, 3.63) is 42.2 Å². The topological polar surface area (TPSA) is 29.9 Å². The van der Waals surface area contributed by atoms with Crippen molar-refractivity contribution >= 4 is 21.8 Å². The van der Waals surface area contributed by atoms with Crippen LogP contribution < -0.4 is 5.32 Å². The molecule has 1 aliphatic heterocycles. The summed E-state index contributed by atoms with van der Waals surface area (Å²) in [5.74, 6) is 0. The molecule has 0 aliphatic carbocycles. The quantitative estimate of drug-likeness (QED) is 0.772. The van der Waals surface area contributed by atoms with Crippen molar-refractivity contribution in [2.45, 2.75) is 25.3 Å². The van der Waals surface area contributed by atoms with Gasteiger partial charge < -0.3 is 9.88 Å². The fourth-order valence-corrected chi connectivity index (χ4v) is 3.44. The van der Waals surface area contributed by atoms with E-state index in [4.69, 9.17) is 0 Å². The maximum Gasteiger partial charge on any atom is 0.0519 e. The Morgan fingerprint density at radius 2 is 2.20 bits per heavy atom. The molecule has 1 N–H and O–H groups in total. The molecule has 3 aromatic rings. The van der Waals surface area contributed by atoms with Crippen LogP contribution in [0, 0.1) is 0 Å². The van der Waals surface area contributed by atoms with E-state index in [1.54, 1.807) is 0 Å². The predicted molar refractivity (Wildman–Crippen MR) is 82.9 cm³/mol. The summed E-state index contributed by atoms with van der Waals surface area (Å²) in [6.07, 6.45) is 7.58. The van der Waals surface area contributed by atoms with E-state index in [1.165, 1.54) is 46.8 Å². The molecule has 1 atom stereocenters. The van der Waals surface area contributed by atoms with Gasteiger partial charge in [0.05, 0.1) is 5.52 Å². The summed E-state index contributed by atoms with van der Waals surface area (Å²) < 4.78 is 2.28. The van der Waals surface area contributed by atoms with E-state index in [2.05, 4.69) is 46.2 Å². The highest BCUT2D eigenvalue weighted by atomic mass is 14.9. The van der Waals surface area contributed by atoms with E-state index >= 15 is 0 Å². The fourth-order valence-electron chi connectivity index (χ4n) is 3.44. The molecule has 4 rings (SSSR count). The Hall–Kier alpha value is -1.87. The molecule has 1 fully saturated rings. The van der Waals surface area contributed by atoms with Crippen LogP contribution in [0.5, 0.6) is 0 Å². The van der Waals surface area contributed by atoms with Crippen LogP contribution in [0.1, 0.15) is 18.4 Å². The monoisotopic (exact) mass is 265 g/mol. The second-order valence-corrected chi connectivity index (χ2v) is 5.80. The third-order valence-corrected chi connectivity index (χ3v) is 4.52. The lowest BCUT2D eigenvalue weighted by Crippen LogP contribution is -2.23. The van der Waals surface area contributed by atoms with Crippen LogP contribution in [-0.4, -0.2) is 22.1 Å². The Labute approximate surface area is 118 Å². The van der Waals surface area contributed by atoms with Crippen LogP contribution in [0.2, 0.25) is 0 Å². The zero-order valence-corrected chi connectivity index (χ0v) is 11.8. The number of pyridine rings is 1. The maximum absolute atomic E-state index is 4.26. The molecule has 0 radical (unpaired) electrons. The average Bonchev–Trinajstić information content (AvgIpc) is 3.08. The van der Waals surface area contributed by atoms with Gasteiger partial charge >= 0.3 is 0 Å². The molecule has 1 saturated heterocycles. The Bertz CT molecular complexity index is 766. The van der Waals surface area contributed by atoms with Gasteiger partial charge in [0.2, 0.25) is 0 Å². The van der Waals surface area contributed by atoms with E-state index in [1.807, 2.05) is 12.4 Å². The predicted octanol–water partition coefficient (Wildman–Crippen LogP) is 3.02. The van der Waals surface area contributed by atoms with Gasteiger partial charge in [0.1, 0.15) is 0 Å². The number of aryl methyl sites for hydroxylation is 1. The lowest BCUT2D eigenvalue weighted by Gasteiger charge is -2.10. The Balaban J connectivity index is 1.82. The van der Waals surface area contributed by atoms with Crippen molar-refractivity contribution in [1.29, 1.82) is 0 Å². The summed E-state index contributed by atoms with van der Waals surface area (Å²) in [5.41, 5.74) is 3.99. The van der Waals surface area contributed by atoms with Gasteiger partial charge in [-0.25, -0.2) is 0 Å². The molecule has 0 bridgehead atoms. The van der Waals surface area contributed by atoms with Crippen molar-refractivity contribution < 1.29 is 0 Å². The highest BCUT2D eigenvalue weighted by Crippen LogP contribution is 2.28. The molecular formula is C17H19N3. The largest absolute Gasteiger partial charge is 0.344 e. The van der Waals surface area contributed by atoms with E-state index in [0.29, 0.717) is 6.04 Å². The molecule has 2 aromatic heterocycles. The number of benzene rings is 1. The second-order valence-electron chi connectivity index (χ2n) is 5.80. The van der Waals surface area contributed by atoms with Crippen LogP contribution >= 0.6 is 0 Å². The van der Waals surface area contributed by atoms with Crippen molar-refractivity contribution in [3.8, 4) is 0 Å². The van der Waals surface area contributed by atoms with Gasteiger partial charge in [-0.1, -0.05) is 12.1 Å². The molecule has 20 heavy (non-hydrogen) atoms. The van der Waals surface area contributed by atoms with Crippen molar-refractivity contribution in [2.24, 2.45) is 7.05 Å². The smallest absolute Gasteiger partial charge is 0.0519 e. The first-order chi connectivity index (χ1) is 9.83. The SMILES string of the molecule is Cn1c2ccncc2c2ccc(CC3CCCN3)cc21. The third kappa shape index (κ3) is 1.81. The molecule has 1 unspecified atom stereocenters. The van der Waals surface area contributed by atoms with Crippen LogP contribution in [-0.2, 0) is 13.5 Å². The van der Waals surface area contributed by atoms with E-state index in [9.17, 15) is 0 Å². The molecule has 1 aromatic carbocycles. The van der Waals surface area contributed by atoms with Crippen LogP contribution in [0.15, 0.2) is 36.7 Å². The Morgan fingerprint density at radius 3 is 3.05 bits per heavy atom. The molecule has 0 spiro atoms. The molecular weight excluding hydrogens is 246 g/mol.